The largest absolute Gasteiger partial charge is 0.308 e. The first-order valence-electron chi connectivity index (χ1n) is 5.63. The van der Waals surface area contributed by atoms with Gasteiger partial charge in [0.1, 0.15) is 0 Å². The van der Waals surface area contributed by atoms with Gasteiger partial charge in [-0.05, 0) is 46.4 Å². The first-order chi connectivity index (χ1) is 6.70. The lowest BCUT2D eigenvalue weighted by atomic mass is 10.3. The molecular formula is C11H25BrN2. The second-order valence-electron chi connectivity index (χ2n) is 4.04. The zero-order valence-corrected chi connectivity index (χ0v) is 11.5. The molecule has 0 saturated heterocycles. The monoisotopic (exact) mass is 264 g/mol. The molecule has 3 heteroatoms. The lowest BCUT2D eigenvalue weighted by Gasteiger charge is -2.23. The third kappa shape index (κ3) is 8.97. The smallest absolute Gasteiger partial charge is 0.0109 e. The molecule has 0 saturated carbocycles. The fourth-order valence-electron chi connectivity index (χ4n) is 1.42. The highest BCUT2D eigenvalue weighted by atomic mass is 79.9. The van der Waals surface area contributed by atoms with Crippen LogP contribution >= 0.6 is 15.9 Å². The number of nitrogens with zero attached hydrogens (tertiary/aromatic N) is 2. The Morgan fingerprint density at radius 3 is 2.14 bits per heavy atom. The number of hydrogen-bond acceptors (Lipinski definition) is 2. The first-order valence-corrected chi connectivity index (χ1v) is 6.76. The maximum atomic E-state index is 3.47. The molecule has 0 aliphatic heterocycles. The van der Waals surface area contributed by atoms with E-state index < -0.39 is 0 Å². The van der Waals surface area contributed by atoms with Crippen molar-refractivity contribution in [3.05, 3.63) is 0 Å². The van der Waals surface area contributed by atoms with Crippen LogP contribution in [0.2, 0.25) is 0 Å². The Morgan fingerprint density at radius 2 is 1.64 bits per heavy atom. The number of hydrogen-bond donors (Lipinski definition) is 0. The molecular weight excluding hydrogens is 240 g/mol. The highest BCUT2D eigenvalue weighted by Crippen LogP contribution is 1.99. The summed E-state index contributed by atoms with van der Waals surface area (Å²) in [6, 6.07) is 0. The van der Waals surface area contributed by atoms with Gasteiger partial charge in [0.15, 0.2) is 0 Å². The SMILES string of the molecule is CCCN(CCCCBr)CCN(C)C. The van der Waals surface area contributed by atoms with E-state index in [9.17, 15) is 0 Å². The summed E-state index contributed by atoms with van der Waals surface area (Å²) < 4.78 is 0. The standard InChI is InChI=1S/C11H25BrN2/c1-4-8-14(9-6-5-7-12)11-10-13(2)3/h4-11H2,1-3H3. The molecule has 0 aromatic heterocycles. The van der Waals surface area contributed by atoms with Gasteiger partial charge in [-0.25, -0.2) is 0 Å². The number of unbranched alkanes of at least 4 members (excludes halogenated alkanes) is 1. The van der Waals surface area contributed by atoms with Gasteiger partial charge in [0, 0.05) is 18.4 Å². The van der Waals surface area contributed by atoms with Crippen molar-refractivity contribution in [1.29, 1.82) is 0 Å². The van der Waals surface area contributed by atoms with E-state index in [1.165, 1.54) is 45.4 Å². The summed E-state index contributed by atoms with van der Waals surface area (Å²) in [6.45, 7) is 7.15. The maximum absolute atomic E-state index is 3.47. The molecule has 2 nitrogen and oxygen atoms in total. The second-order valence-corrected chi connectivity index (χ2v) is 4.83. The van der Waals surface area contributed by atoms with Crippen LogP contribution in [0.4, 0.5) is 0 Å². The highest BCUT2D eigenvalue weighted by molar-refractivity contribution is 9.09. The average Bonchev–Trinajstić information content (AvgIpc) is 2.14. The van der Waals surface area contributed by atoms with Crippen molar-refractivity contribution in [2.24, 2.45) is 0 Å². The van der Waals surface area contributed by atoms with Crippen LogP contribution < -0.4 is 0 Å². The summed E-state index contributed by atoms with van der Waals surface area (Å²) >= 11 is 3.47. The van der Waals surface area contributed by atoms with Crippen LogP contribution in [0, 0.1) is 0 Å². The van der Waals surface area contributed by atoms with Crippen molar-refractivity contribution in [2.75, 3.05) is 45.6 Å². The number of likely N-dealkylation sites (N-methyl/N-ethyl adjacent to an activating group) is 1. The average molecular weight is 265 g/mol. The predicted molar refractivity (Wildman–Crippen MR) is 68.3 cm³/mol. The Bertz CT molecular complexity index is 118. The van der Waals surface area contributed by atoms with Gasteiger partial charge in [0.2, 0.25) is 0 Å². The summed E-state index contributed by atoms with van der Waals surface area (Å²) in [4.78, 5) is 4.83. The lowest BCUT2D eigenvalue weighted by Crippen LogP contribution is -2.33. The van der Waals surface area contributed by atoms with Crippen LogP contribution in [0.15, 0.2) is 0 Å². The number of halogens is 1. The van der Waals surface area contributed by atoms with Gasteiger partial charge in [-0.3, -0.25) is 0 Å². The predicted octanol–water partition coefficient (Wildman–Crippen LogP) is 2.44. The molecule has 0 amide bonds. The molecule has 0 aromatic carbocycles. The molecule has 0 aliphatic carbocycles. The zero-order valence-electron chi connectivity index (χ0n) is 9.93. The van der Waals surface area contributed by atoms with Gasteiger partial charge in [-0.15, -0.1) is 0 Å². The Hall–Kier alpha value is 0.400. The van der Waals surface area contributed by atoms with Gasteiger partial charge in [-0.1, -0.05) is 22.9 Å². The Labute approximate surface area is 97.8 Å². The fraction of sp³-hybridized carbons (Fsp3) is 1.00. The van der Waals surface area contributed by atoms with Crippen molar-refractivity contribution >= 4 is 15.9 Å². The topological polar surface area (TPSA) is 6.48 Å². The van der Waals surface area contributed by atoms with Crippen LogP contribution in [0.3, 0.4) is 0 Å². The molecule has 86 valence electrons. The van der Waals surface area contributed by atoms with E-state index in [1.54, 1.807) is 0 Å². The molecule has 0 bridgehead atoms. The minimum Gasteiger partial charge on any atom is -0.308 e. The van der Waals surface area contributed by atoms with Gasteiger partial charge in [-0.2, -0.15) is 0 Å². The van der Waals surface area contributed by atoms with Crippen molar-refractivity contribution in [3.63, 3.8) is 0 Å². The van der Waals surface area contributed by atoms with Crippen molar-refractivity contribution in [3.8, 4) is 0 Å². The van der Waals surface area contributed by atoms with Gasteiger partial charge in [0.05, 0.1) is 0 Å². The summed E-state index contributed by atoms with van der Waals surface area (Å²) in [5.41, 5.74) is 0. The van der Waals surface area contributed by atoms with E-state index in [0.717, 1.165) is 5.33 Å². The molecule has 0 fully saturated rings. The lowest BCUT2D eigenvalue weighted by molar-refractivity contribution is 0.238. The highest BCUT2D eigenvalue weighted by Gasteiger charge is 2.03. The fourth-order valence-corrected chi connectivity index (χ4v) is 1.82. The summed E-state index contributed by atoms with van der Waals surface area (Å²) in [6.07, 6.45) is 3.88. The van der Waals surface area contributed by atoms with Gasteiger partial charge >= 0.3 is 0 Å². The summed E-state index contributed by atoms with van der Waals surface area (Å²) in [5, 5.41) is 1.14. The molecule has 0 aromatic rings. The van der Waals surface area contributed by atoms with E-state index in [-0.39, 0.29) is 0 Å². The van der Waals surface area contributed by atoms with Crippen molar-refractivity contribution < 1.29 is 0 Å². The number of alkyl halides is 1. The zero-order chi connectivity index (χ0) is 10.8. The molecule has 0 aliphatic rings. The molecule has 0 atom stereocenters. The van der Waals surface area contributed by atoms with Crippen molar-refractivity contribution in [1.82, 2.24) is 9.80 Å². The quantitative estimate of drug-likeness (QED) is 0.466. The van der Waals surface area contributed by atoms with Crippen LogP contribution in [0.25, 0.3) is 0 Å². The minimum atomic E-state index is 1.14. The normalized spacial score (nSPS) is 11.6. The Morgan fingerprint density at radius 1 is 0.929 bits per heavy atom. The Kier molecular flexibility index (Phi) is 10.2. The molecule has 0 N–H and O–H groups in total. The second kappa shape index (κ2) is 9.94. The maximum Gasteiger partial charge on any atom is 0.0109 e. The summed E-state index contributed by atoms with van der Waals surface area (Å²) in [5.74, 6) is 0. The van der Waals surface area contributed by atoms with Crippen LogP contribution in [0.1, 0.15) is 26.2 Å². The third-order valence-corrected chi connectivity index (χ3v) is 2.82. The molecule has 0 radical (unpaired) electrons. The molecule has 0 unspecified atom stereocenters. The third-order valence-electron chi connectivity index (χ3n) is 2.26. The number of rotatable bonds is 9. The van der Waals surface area contributed by atoms with Crippen molar-refractivity contribution in [2.45, 2.75) is 26.2 Å². The molecule has 14 heavy (non-hydrogen) atoms. The Balaban J connectivity index is 3.54. The molecule has 0 rings (SSSR count). The summed E-state index contributed by atoms with van der Waals surface area (Å²) in [7, 11) is 4.28. The van der Waals surface area contributed by atoms with E-state index in [2.05, 4.69) is 46.7 Å². The molecule has 0 heterocycles. The van der Waals surface area contributed by atoms with E-state index in [4.69, 9.17) is 0 Å². The van der Waals surface area contributed by atoms with Crippen LogP contribution in [0.5, 0.6) is 0 Å². The van der Waals surface area contributed by atoms with Gasteiger partial charge < -0.3 is 9.80 Å². The minimum absolute atomic E-state index is 1.14. The van der Waals surface area contributed by atoms with Gasteiger partial charge in [0.25, 0.3) is 0 Å². The van der Waals surface area contributed by atoms with E-state index in [1.807, 2.05) is 0 Å². The van der Waals surface area contributed by atoms with E-state index in [0.29, 0.717) is 0 Å². The molecule has 0 spiro atoms. The van der Waals surface area contributed by atoms with Crippen LogP contribution in [-0.4, -0.2) is 55.4 Å². The van der Waals surface area contributed by atoms with Crippen LogP contribution in [-0.2, 0) is 0 Å². The van der Waals surface area contributed by atoms with E-state index >= 15 is 0 Å². The first kappa shape index (κ1) is 14.4.